The fourth-order valence-corrected chi connectivity index (χ4v) is 11.7. The molecular formula is C63H48. The molecule has 12 rings (SSSR count). The molecule has 0 heterocycles. The van der Waals surface area contributed by atoms with Gasteiger partial charge in [0.1, 0.15) is 0 Å². The van der Waals surface area contributed by atoms with Gasteiger partial charge in [-0.3, -0.25) is 0 Å². The smallest absolute Gasteiger partial charge is 0.0619 e. The first-order valence-corrected chi connectivity index (χ1v) is 22.4. The second kappa shape index (κ2) is 13.9. The highest BCUT2D eigenvalue weighted by Gasteiger charge is 2.47. The van der Waals surface area contributed by atoms with Crippen molar-refractivity contribution in [2.24, 2.45) is 0 Å². The van der Waals surface area contributed by atoms with Crippen LogP contribution in [-0.2, 0) is 10.8 Å². The summed E-state index contributed by atoms with van der Waals surface area (Å²) in [5.74, 6) is 0. The summed E-state index contributed by atoms with van der Waals surface area (Å²) in [6.07, 6.45) is 0. The average molecular weight is 805 g/mol. The number of benzene rings is 10. The van der Waals surface area contributed by atoms with Crippen molar-refractivity contribution in [1.82, 2.24) is 0 Å². The number of hydrogen-bond donors (Lipinski definition) is 0. The maximum atomic E-state index is 2.40. The standard InChI is InChI=1S/C63H48/c1-39-24-29-42(30-25-39)63(43-31-26-40(2)27-32-43)58-22-11-9-17-55(58)60-52(18-13-23-59(60)63)47-35-34-46(44-14-6-7-15-45(44)47)50-37-36-48(49-33-28-41(3)38-56(49)50)53-19-12-20-54-51-16-8-10-21-57(51)62(4,5)61(53)54/h6-38H,1-5H3. The van der Waals surface area contributed by atoms with E-state index in [1.807, 2.05) is 0 Å². The van der Waals surface area contributed by atoms with Gasteiger partial charge in [-0.25, -0.2) is 0 Å². The van der Waals surface area contributed by atoms with Gasteiger partial charge in [0.05, 0.1) is 5.41 Å². The van der Waals surface area contributed by atoms with E-state index in [0.717, 1.165) is 0 Å². The third-order valence-corrected chi connectivity index (χ3v) is 14.6. The first-order valence-electron chi connectivity index (χ1n) is 22.4. The summed E-state index contributed by atoms with van der Waals surface area (Å²) in [6, 6.07) is 76.1. The quantitative estimate of drug-likeness (QED) is 0.163. The van der Waals surface area contributed by atoms with Crippen molar-refractivity contribution in [3.63, 3.8) is 0 Å². The molecule has 300 valence electrons. The summed E-state index contributed by atoms with van der Waals surface area (Å²) in [5, 5.41) is 5.09. The van der Waals surface area contributed by atoms with Gasteiger partial charge in [-0.05, 0) is 131 Å². The molecule has 10 aromatic rings. The number of fused-ring (bicyclic) bond motifs is 8. The molecule has 0 aliphatic heterocycles. The molecule has 0 amide bonds. The number of aryl methyl sites for hydroxylation is 3. The molecule has 0 unspecified atom stereocenters. The Labute approximate surface area is 371 Å². The van der Waals surface area contributed by atoms with Crippen molar-refractivity contribution in [3.8, 4) is 55.6 Å². The molecule has 2 aliphatic carbocycles. The van der Waals surface area contributed by atoms with E-state index in [2.05, 4.69) is 235 Å². The first kappa shape index (κ1) is 37.5. The van der Waals surface area contributed by atoms with E-state index >= 15 is 0 Å². The van der Waals surface area contributed by atoms with Crippen LogP contribution in [0, 0.1) is 20.8 Å². The van der Waals surface area contributed by atoms with Crippen LogP contribution in [0.25, 0.3) is 77.2 Å². The molecule has 0 nitrogen and oxygen atoms in total. The van der Waals surface area contributed by atoms with Crippen molar-refractivity contribution in [3.05, 3.63) is 250 Å². The van der Waals surface area contributed by atoms with Crippen LogP contribution in [-0.4, -0.2) is 0 Å². The molecule has 0 saturated carbocycles. The van der Waals surface area contributed by atoms with Gasteiger partial charge in [0, 0.05) is 5.41 Å². The summed E-state index contributed by atoms with van der Waals surface area (Å²) < 4.78 is 0. The molecule has 0 saturated heterocycles. The van der Waals surface area contributed by atoms with Crippen LogP contribution in [0.4, 0.5) is 0 Å². The van der Waals surface area contributed by atoms with Crippen molar-refractivity contribution in [2.45, 2.75) is 45.4 Å². The van der Waals surface area contributed by atoms with Crippen LogP contribution in [0.2, 0.25) is 0 Å². The molecular weight excluding hydrogens is 757 g/mol. The summed E-state index contributed by atoms with van der Waals surface area (Å²) in [5.41, 5.74) is 24.2. The zero-order valence-electron chi connectivity index (χ0n) is 36.6. The number of rotatable bonds is 5. The van der Waals surface area contributed by atoms with Gasteiger partial charge in [0.2, 0.25) is 0 Å². The van der Waals surface area contributed by atoms with Crippen molar-refractivity contribution in [2.75, 3.05) is 0 Å². The Morgan fingerprint density at radius 1 is 0.286 bits per heavy atom. The maximum Gasteiger partial charge on any atom is 0.0713 e. The lowest BCUT2D eigenvalue weighted by atomic mass is 9.67. The van der Waals surface area contributed by atoms with Crippen LogP contribution in [0.1, 0.15) is 63.9 Å². The van der Waals surface area contributed by atoms with Crippen molar-refractivity contribution >= 4 is 21.5 Å². The summed E-state index contributed by atoms with van der Waals surface area (Å²) in [7, 11) is 0. The van der Waals surface area contributed by atoms with E-state index in [4.69, 9.17) is 0 Å². The Hall–Kier alpha value is -7.28. The highest BCUT2D eigenvalue weighted by atomic mass is 14.5. The molecule has 0 aromatic heterocycles. The Bertz CT molecular complexity index is 3440. The zero-order valence-corrected chi connectivity index (χ0v) is 36.6. The zero-order chi connectivity index (χ0) is 42.6. The maximum absolute atomic E-state index is 2.40. The third kappa shape index (κ3) is 5.34. The highest BCUT2D eigenvalue weighted by molar-refractivity contribution is 6.14. The van der Waals surface area contributed by atoms with Gasteiger partial charge in [-0.1, -0.05) is 231 Å². The van der Waals surface area contributed by atoms with Gasteiger partial charge >= 0.3 is 0 Å². The number of hydrogen-bond acceptors (Lipinski definition) is 0. The minimum atomic E-state index is -0.464. The van der Waals surface area contributed by atoms with E-state index in [9.17, 15) is 0 Å². The van der Waals surface area contributed by atoms with Gasteiger partial charge in [-0.2, -0.15) is 0 Å². The molecule has 2 aliphatic rings. The fourth-order valence-electron chi connectivity index (χ4n) is 11.7. The molecule has 63 heavy (non-hydrogen) atoms. The predicted octanol–water partition coefficient (Wildman–Crippen LogP) is 16.6. The Morgan fingerprint density at radius 2 is 0.714 bits per heavy atom. The average Bonchev–Trinajstić information content (AvgIpc) is 3.75. The Morgan fingerprint density at radius 3 is 1.37 bits per heavy atom. The molecule has 0 fully saturated rings. The first-order chi connectivity index (χ1) is 30.7. The fraction of sp³-hybridized carbons (Fsp3) is 0.111. The molecule has 0 atom stereocenters. The van der Waals surface area contributed by atoms with E-state index in [1.165, 1.54) is 127 Å². The summed E-state index contributed by atoms with van der Waals surface area (Å²) in [6.45, 7) is 11.4. The second-order valence-corrected chi connectivity index (χ2v) is 18.6. The molecule has 10 aromatic carbocycles. The van der Waals surface area contributed by atoms with Crippen LogP contribution in [0.15, 0.2) is 200 Å². The molecule has 0 radical (unpaired) electrons. The molecule has 0 heteroatoms. The second-order valence-electron chi connectivity index (χ2n) is 18.6. The molecule has 0 spiro atoms. The van der Waals surface area contributed by atoms with E-state index in [-0.39, 0.29) is 5.41 Å². The van der Waals surface area contributed by atoms with E-state index in [0.29, 0.717) is 0 Å². The Kier molecular flexibility index (Phi) is 8.25. The van der Waals surface area contributed by atoms with Crippen molar-refractivity contribution in [1.29, 1.82) is 0 Å². The minimum absolute atomic E-state index is 0.109. The van der Waals surface area contributed by atoms with E-state index < -0.39 is 5.41 Å². The monoisotopic (exact) mass is 804 g/mol. The van der Waals surface area contributed by atoms with E-state index in [1.54, 1.807) is 0 Å². The minimum Gasteiger partial charge on any atom is -0.0619 e. The SMILES string of the molecule is Cc1ccc(C2(c3ccc(C)cc3)c3ccccc3-c3c(-c4ccc(-c5ccc(-c6cccc7c6C(C)(C)c6ccccc6-7)c6ccc(C)cc56)c5ccccc45)cccc32)cc1. The van der Waals surface area contributed by atoms with Gasteiger partial charge in [0.25, 0.3) is 0 Å². The Balaban J connectivity index is 1.07. The summed E-state index contributed by atoms with van der Waals surface area (Å²) >= 11 is 0. The largest absolute Gasteiger partial charge is 0.0713 e. The predicted molar refractivity (Wildman–Crippen MR) is 267 cm³/mol. The third-order valence-electron chi connectivity index (χ3n) is 14.6. The van der Waals surface area contributed by atoms with Crippen LogP contribution < -0.4 is 0 Å². The molecule has 0 bridgehead atoms. The normalized spacial score (nSPS) is 14.0. The van der Waals surface area contributed by atoms with Crippen LogP contribution >= 0.6 is 0 Å². The van der Waals surface area contributed by atoms with Crippen LogP contribution in [0.5, 0.6) is 0 Å². The lowest BCUT2D eigenvalue weighted by Gasteiger charge is -2.34. The topological polar surface area (TPSA) is 0 Å². The van der Waals surface area contributed by atoms with Gasteiger partial charge in [0.15, 0.2) is 0 Å². The van der Waals surface area contributed by atoms with Gasteiger partial charge < -0.3 is 0 Å². The molecule has 0 N–H and O–H groups in total. The van der Waals surface area contributed by atoms with Gasteiger partial charge in [-0.15, -0.1) is 0 Å². The highest BCUT2D eigenvalue weighted by Crippen LogP contribution is 2.59. The lowest BCUT2D eigenvalue weighted by molar-refractivity contribution is 0.662. The lowest BCUT2D eigenvalue weighted by Crippen LogP contribution is -2.28. The van der Waals surface area contributed by atoms with Crippen LogP contribution in [0.3, 0.4) is 0 Å². The van der Waals surface area contributed by atoms with Crippen molar-refractivity contribution < 1.29 is 0 Å². The summed E-state index contributed by atoms with van der Waals surface area (Å²) in [4.78, 5) is 0.